The molecule has 5 nitrogen and oxygen atoms in total. The standard InChI is InChI=1S/C23H20N4O/c24-21-14-17(9-11-20(21)19-7-2-1-3-8-19)6-4-5-13-27-25-22-12-10-18(16-28)15-23(22)26-27/h1-4,6-12,14-16H,5,13,24H2/b6-4+. The van der Waals surface area contributed by atoms with Gasteiger partial charge in [-0.25, -0.2) is 0 Å². The van der Waals surface area contributed by atoms with Crippen LogP contribution in [-0.4, -0.2) is 21.3 Å². The van der Waals surface area contributed by atoms with Gasteiger partial charge in [-0.1, -0.05) is 54.6 Å². The fraction of sp³-hybridized carbons (Fsp3) is 0.0870. The van der Waals surface area contributed by atoms with Gasteiger partial charge in [-0.05, 0) is 41.8 Å². The Bertz CT molecular complexity index is 1150. The Hall–Kier alpha value is -3.73. The van der Waals surface area contributed by atoms with Gasteiger partial charge in [0.05, 0.1) is 6.54 Å². The summed E-state index contributed by atoms with van der Waals surface area (Å²) in [5, 5.41) is 8.85. The zero-order chi connectivity index (χ0) is 19.3. The Morgan fingerprint density at radius 2 is 1.68 bits per heavy atom. The van der Waals surface area contributed by atoms with E-state index in [9.17, 15) is 4.79 Å². The van der Waals surface area contributed by atoms with Gasteiger partial charge in [-0.15, -0.1) is 0 Å². The number of rotatable bonds is 6. The Kier molecular flexibility index (Phi) is 4.97. The monoisotopic (exact) mass is 368 g/mol. The van der Waals surface area contributed by atoms with E-state index in [0.29, 0.717) is 12.1 Å². The van der Waals surface area contributed by atoms with Gasteiger partial charge >= 0.3 is 0 Å². The highest BCUT2D eigenvalue weighted by Gasteiger charge is 2.04. The lowest BCUT2D eigenvalue weighted by Crippen LogP contribution is -2.00. The predicted octanol–water partition coefficient (Wildman–Crippen LogP) is 4.60. The summed E-state index contributed by atoms with van der Waals surface area (Å²) in [6, 6.07) is 21.5. The molecule has 0 unspecified atom stereocenters. The first-order valence-corrected chi connectivity index (χ1v) is 9.14. The van der Waals surface area contributed by atoms with Crippen molar-refractivity contribution in [1.82, 2.24) is 15.0 Å². The van der Waals surface area contributed by atoms with E-state index in [0.717, 1.165) is 46.1 Å². The molecule has 4 rings (SSSR count). The fourth-order valence-electron chi connectivity index (χ4n) is 3.12. The number of hydrogen-bond donors (Lipinski definition) is 1. The zero-order valence-corrected chi connectivity index (χ0v) is 15.3. The summed E-state index contributed by atoms with van der Waals surface area (Å²) in [5.74, 6) is 0. The number of nitrogens with zero attached hydrogens (tertiary/aromatic N) is 3. The molecule has 0 amide bonds. The molecule has 1 aromatic heterocycles. The molecule has 0 saturated heterocycles. The minimum atomic E-state index is 0.607. The smallest absolute Gasteiger partial charge is 0.150 e. The van der Waals surface area contributed by atoms with E-state index in [2.05, 4.69) is 46.6 Å². The molecule has 0 fully saturated rings. The van der Waals surface area contributed by atoms with Gasteiger partial charge in [0.15, 0.2) is 0 Å². The van der Waals surface area contributed by atoms with E-state index in [4.69, 9.17) is 5.73 Å². The highest BCUT2D eigenvalue weighted by Crippen LogP contribution is 2.26. The molecule has 1 heterocycles. The number of hydrogen-bond acceptors (Lipinski definition) is 4. The van der Waals surface area contributed by atoms with Crippen LogP contribution in [0.4, 0.5) is 5.69 Å². The molecular formula is C23H20N4O. The molecule has 5 heteroatoms. The van der Waals surface area contributed by atoms with Crippen molar-refractivity contribution < 1.29 is 4.79 Å². The molecule has 0 atom stereocenters. The van der Waals surface area contributed by atoms with E-state index in [-0.39, 0.29) is 0 Å². The number of carbonyl (C=O) groups is 1. The second-order valence-corrected chi connectivity index (χ2v) is 6.57. The SMILES string of the molecule is Nc1cc(/C=C/CCn2nc3ccc(C=O)cc3n2)ccc1-c1ccccc1. The normalized spacial score (nSPS) is 11.3. The maximum Gasteiger partial charge on any atom is 0.150 e. The van der Waals surface area contributed by atoms with Crippen LogP contribution in [0.1, 0.15) is 22.3 Å². The number of aryl methyl sites for hydroxylation is 1. The molecular weight excluding hydrogens is 348 g/mol. The third-order valence-electron chi connectivity index (χ3n) is 4.55. The molecule has 3 aromatic carbocycles. The molecule has 0 aliphatic heterocycles. The van der Waals surface area contributed by atoms with Crippen LogP contribution in [0.3, 0.4) is 0 Å². The van der Waals surface area contributed by atoms with Crippen molar-refractivity contribution in [2.75, 3.05) is 5.73 Å². The second-order valence-electron chi connectivity index (χ2n) is 6.57. The number of nitrogen functional groups attached to an aromatic ring is 1. The van der Waals surface area contributed by atoms with Gasteiger partial charge in [-0.3, -0.25) is 4.79 Å². The highest BCUT2D eigenvalue weighted by atomic mass is 16.1. The van der Waals surface area contributed by atoms with E-state index >= 15 is 0 Å². The third-order valence-corrected chi connectivity index (χ3v) is 4.55. The average molecular weight is 368 g/mol. The Morgan fingerprint density at radius 1 is 0.893 bits per heavy atom. The maximum atomic E-state index is 10.9. The zero-order valence-electron chi connectivity index (χ0n) is 15.3. The summed E-state index contributed by atoms with van der Waals surface area (Å²) >= 11 is 0. The van der Waals surface area contributed by atoms with Crippen molar-refractivity contribution in [2.45, 2.75) is 13.0 Å². The summed E-state index contributed by atoms with van der Waals surface area (Å²) in [4.78, 5) is 12.5. The number of anilines is 1. The number of aldehydes is 1. The molecule has 0 aliphatic rings. The largest absolute Gasteiger partial charge is 0.398 e. The lowest BCUT2D eigenvalue weighted by Gasteiger charge is -2.06. The van der Waals surface area contributed by atoms with Crippen LogP contribution < -0.4 is 5.73 Å². The van der Waals surface area contributed by atoms with Crippen LogP contribution in [-0.2, 0) is 6.54 Å². The van der Waals surface area contributed by atoms with Crippen LogP contribution in [0.25, 0.3) is 28.2 Å². The number of allylic oxidation sites excluding steroid dienone is 1. The summed E-state index contributed by atoms with van der Waals surface area (Å²) in [6.45, 7) is 0.666. The second kappa shape index (κ2) is 7.88. The van der Waals surface area contributed by atoms with Crippen LogP contribution >= 0.6 is 0 Å². The molecule has 0 saturated carbocycles. The molecule has 0 radical (unpaired) electrons. The van der Waals surface area contributed by atoms with Crippen molar-refractivity contribution >= 4 is 29.1 Å². The maximum absolute atomic E-state index is 10.9. The summed E-state index contributed by atoms with van der Waals surface area (Å²) in [5.41, 5.74) is 12.3. The lowest BCUT2D eigenvalue weighted by atomic mass is 10.0. The minimum absolute atomic E-state index is 0.607. The Morgan fingerprint density at radius 3 is 2.46 bits per heavy atom. The number of benzene rings is 3. The molecule has 4 aromatic rings. The lowest BCUT2D eigenvalue weighted by molar-refractivity contribution is 0.112. The van der Waals surface area contributed by atoms with Crippen molar-refractivity contribution in [2.24, 2.45) is 0 Å². The van der Waals surface area contributed by atoms with E-state index < -0.39 is 0 Å². The van der Waals surface area contributed by atoms with Gasteiger partial charge in [0, 0.05) is 16.8 Å². The quantitative estimate of drug-likeness (QED) is 0.399. The molecule has 138 valence electrons. The number of fused-ring (bicyclic) bond motifs is 1. The van der Waals surface area contributed by atoms with E-state index in [1.165, 1.54) is 0 Å². The van der Waals surface area contributed by atoms with Gasteiger partial charge < -0.3 is 5.73 Å². The van der Waals surface area contributed by atoms with Crippen molar-refractivity contribution in [3.05, 3.63) is 83.9 Å². The number of nitrogens with two attached hydrogens (primary N) is 1. The van der Waals surface area contributed by atoms with Gasteiger partial charge in [0.1, 0.15) is 17.3 Å². The molecule has 2 N–H and O–H groups in total. The first kappa shape index (κ1) is 17.7. The predicted molar refractivity (Wildman–Crippen MR) is 113 cm³/mol. The van der Waals surface area contributed by atoms with Crippen LogP contribution in [0.15, 0.2) is 72.8 Å². The van der Waals surface area contributed by atoms with Crippen molar-refractivity contribution in [1.29, 1.82) is 0 Å². The van der Waals surface area contributed by atoms with E-state index in [1.807, 2.05) is 30.3 Å². The number of carbonyl (C=O) groups excluding carboxylic acids is 1. The van der Waals surface area contributed by atoms with Crippen LogP contribution in [0.5, 0.6) is 0 Å². The van der Waals surface area contributed by atoms with Gasteiger partial charge in [-0.2, -0.15) is 15.0 Å². The topological polar surface area (TPSA) is 73.8 Å². The summed E-state index contributed by atoms with van der Waals surface area (Å²) in [6.07, 6.45) is 5.75. The van der Waals surface area contributed by atoms with Gasteiger partial charge in [0.25, 0.3) is 0 Å². The minimum Gasteiger partial charge on any atom is -0.398 e. The number of aromatic nitrogens is 3. The van der Waals surface area contributed by atoms with Crippen LogP contribution in [0, 0.1) is 0 Å². The summed E-state index contributed by atoms with van der Waals surface area (Å²) < 4.78 is 0. The first-order chi connectivity index (χ1) is 13.7. The Labute approximate surface area is 163 Å². The fourth-order valence-corrected chi connectivity index (χ4v) is 3.12. The summed E-state index contributed by atoms with van der Waals surface area (Å²) in [7, 11) is 0. The Balaban J connectivity index is 1.41. The van der Waals surface area contributed by atoms with Gasteiger partial charge in [0.2, 0.25) is 0 Å². The average Bonchev–Trinajstić information content (AvgIpc) is 3.14. The van der Waals surface area contributed by atoms with E-state index in [1.54, 1.807) is 16.9 Å². The van der Waals surface area contributed by atoms with Crippen molar-refractivity contribution in [3.63, 3.8) is 0 Å². The third kappa shape index (κ3) is 3.83. The molecule has 0 bridgehead atoms. The highest BCUT2D eigenvalue weighted by molar-refractivity contribution is 5.84. The first-order valence-electron chi connectivity index (χ1n) is 9.14. The van der Waals surface area contributed by atoms with Crippen LogP contribution in [0.2, 0.25) is 0 Å². The molecule has 28 heavy (non-hydrogen) atoms. The molecule has 0 spiro atoms. The van der Waals surface area contributed by atoms with Crippen molar-refractivity contribution in [3.8, 4) is 11.1 Å². The molecule has 0 aliphatic carbocycles.